The average Bonchev–Trinajstić information content (AvgIpc) is 3.24. The molecule has 1 aliphatic rings. The average molecular weight is 376 g/mol. The van der Waals surface area contributed by atoms with Crippen molar-refractivity contribution >= 4 is 11.6 Å². The van der Waals surface area contributed by atoms with Crippen molar-refractivity contribution in [2.45, 2.75) is 31.8 Å². The van der Waals surface area contributed by atoms with E-state index in [0.29, 0.717) is 22.9 Å². The van der Waals surface area contributed by atoms with E-state index in [0.717, 1.165) is 12.8 Å². The Morgan fingerprint density at radius 1 is 0.929 bits per heavy atom. The van der Waals surface area contributed by atoms with Crippen LogP contribution in [-0.2, 0) is 0 Å². The van der Waals surface area contributed by atoms with Gasteiger partial charge in [0.05, 0.1) is 23.6 Å². The first-order valence-electron chi connectivity index (χ1n) is 9.25. The van der Waals surface area contributed by atoms with Gasteiger partial charge in [0.25, 0.3) is 5.91 Å². The molecule has 0 unspecified atom stereocenters. The van der Waals surface area contributed by atoms with Gasteiger partial charge < -0.3 is 14.8 Å². The minimum absolute atomic E-state index is 0.208. The van der Waals surface area contributed by atoms with Crippen LogP contribution in [0.1, 0.15) is 36.0 Å². The van der Waals surface area contributed by atoms with Gasteiger partial charge in [-0.05, 0) is 43.9 Å². The predicted molar refractivity (Wildman–Crippen MR) is 104 cm³/mol. The summed E-state index contributed by atoms with van der Waals surface area (Å²) >= 11 is 0. The number of rotatable bonds is 6. The lowest BCUT2D eigenvalue weighted by molar-refractivity contribution is 0.102. The van der Waals surface area contributed by atoms with Crippen LogP contribution in [-0.4, -0.2) is 27.0 Å². The van der Waals surface area contributed by atoms with Gasteiger partial charge in [-0.15, -0.1) is 0 Å². The monoisotopic (exact) mass is 376 g/mol. The van der Waals surface area contributed by atoms with E-state index < -0.39 is 0 Å². The number of carbonyl (C=O) groups excluding carboxylic acids is 1. The summed E-state index contributed by atoms with van der Waals surface area (Å²) in [6.07, 6.45) is 9.25. The summed E-state index contributed by atoms with van der Waals surface area (Å²) in [6.45, 7) is 0. The minimum atomic E-state index is -0.291. The molecule has 28 heavy (non-hydrogen) atoms. The molecule has 0 bridgehead atoms. The molecule has 2 aromatic heterocycles. The van der Waals surface area contributed by atoms with E-state index in [1.165, 1.54) is 31.4 Å². The molecular formula is C21H20N4O3. The van der Waals surface area contributed by atoms with E-state index in [9.17, 15) is 4.79 Å². The summed E-state index contributed by atoms with van der Waals surface area (Å²) in [4.78, 5) is 24.8. The normalized spacial score (nSPS) is 13.9. The Morgan fingerprint density at radius 2 is 1.68 bits per heavy atom. The van der Waals surface area contributed by atoms with Crippen molar-refractivity contribution in [3.8, 4) is 17.6 Å². The van der Waals surface area contributed by atoms with E-state index >= 15 is 0 Å². The van der Waals surface area contributed by atoms with Crippen molar-refractivity contribution in [1.82, 2.24) is 15.0 Å². The number of anilines is 1. The van der Waals surface area contributed by atoms with Gasteiger partial charge in [0.1, 0.15) is 11.9 Å². The fourth-order valence-electron chi connectivity index (χ4n) is 2.99. The molecule has 1 N–H and O–H groups in total. The van der Waals surface area contributed by atoms with Gasteiger partial charge in [0.15, 0.2) is 0 Å². The molecule has 0 atom stereocenters. The molecule has 3 aromatic rings. The van der Waals surface area contributed by atoms with Crippen molar-refractivity contribution in [2.24, 2.45) is 0 Å². The van der Waals surface area contributed by atoms with Gasteiger partial charge in [0.2, 0.25) is 5.88 Å². The molecule has 0 saturated heterocycles. The number of amides is 1. The number of aromatic nitrogens is 3. The summed E-state index contributed by atoms with van der Waals surface area (Å²) in [6, 6.07) is 12.9. The lowest BCUT2D eigenvalue weighted by Gasteiger charge is -2.12. The molecule has 1 fully saturated rings. The number of ether oxygens (including phenoxy) is 2. The molecule has 1 saturated carbocycles. The van der Waals surface area contributed by atoms with Gasteiger partial charge >= 0.3 is 6.01 Å². The Balaban J connectivity index is 1.33. The molecule has 7 heteroatoms. The molecule has 0 radical (unpaired) electrons. The number of carbonyl (C=O) groups is 1. The summed E-state index contributed by atoms with van der Waals surface area (Å²) < 4.78 is 11.3. The highest BCUT2D eigenvalue weighted by atomic mass is 16.5. The third kappa shape index (κ3) is 4.62. The largest absolute Gasteiger partial charge is 0.474 e. The van der Waals surface area contributed by atoms with E-state index in [1.54, 1.807) is 12.1 Å². The molecule has 7 nitrogen and oxygen atoms in total. The smallest absolute Gasteiger partial charge is 0.322 e. The Bertz CT molecular complexity index is 909. The fourth-order valence-corrected chi connectivity index (χ4v) is 2.99. The molecular weight excluding hydrogens is 356 g/mol. The lowest BCUT2D eigenvalue weighted by atomic mass is 10.2. The van der Waals surface area contributed by atoms with Gasteiger partial charge in [-0.1, -0.05) is 18.2 Å². The lowest BCUT2D eigenvalue weighted by Crippen LogP contribution is -2.14. The maximum absolute atomic E-state index is 12.4. The number of nitrogens with zero attached hydrogens (tertiary/aromatic N) is 3. The third-order valence-corrected chi connectivity index (χ3v) is 4.43. The molecule has 142 valence electrons. The zero-order valence-corrected chi connectivity index (χ0v) is 15.2. The molecule has 0 spiro atoms. The second-order valence-corrected chi connectivity index (χ2v) is 6.53. The fraction of sp³-hybridized carbons (Fsp3) is 0.238. The van der Waals surface area contributed by atoms with Crippen molar-refractivity contribution in [2.75, 3.05) is 5.32 Å². The summed E-state index contributed by atoms with van der Waals surface area (Å²) in [5.74, 6) is 0.903. The summed E-state index contributed by atoms with van der Waals surface area (Å²) in [5, 5.41) is 2.74. The SMILES string of the molecule is O=C(Nc1cnc(Oc2ccccc2)nc1)c1ccc(OC2CCCC2)nc1. The molecule has 2 heterocycles. The Hall–Kier alpha value is -3.48. The first kappa shape index (κ1) is 17.9. The van der Waals surface area contributed by atoms with Crippen LogP contribution in [0.2, 0.25) is 0 Å². The van der Waals surface area contributed by atoms with Crippen molar-refractivity contribution < 1.29 is 14.3 Å². The Morgan fingerprint density at radius 3 is 2.36 bits per heavy atom. The number of hydrogen-bond donors (Lipinski definition) is 1. The third-order valence-electron chi connectivity index (χ3n) is 4.43. The highest BCUT2D eigenvalue weighted by Gasteiger charge is 2.17. The molecule has 4 rings (SSSR count). The highest BCUT2D eigenvalue weighted by Crippen LogP contribution is 2.23. The van der Waals surface area contributed by atoms with E-state index in [-0.39, 0.29) is 18.0 Å². The number of hydrogen-bond acceptors (Lipinski definition) is 6. The molecule has 1 aliphatic carbocycles. The number of pyridine rings is 1. The first-order valence-corrected chi connectivity index (χ1v) is 9.25. The van der Waals surface area contributed by atoms with Crippen LogP contribution in [0.15, 0.2) is 61.1 Å². The van der Waals surface area contributed by atoms with Crippen LogP contribution in [0.4, 0.5) is 5.69 Å². The maximum atomic E-state index is 12.4. The van der Waals surface area contributed by atoms with Crippen LogP contribution in [0, 0.1) is 0 Å². The molecule has 0 aliphatic heterocycles. The zero-order valence-electron chi connectivity index (χ0n) is 15.2. The predicted octanol–water partition coefficient (Wildman–Crippen LogP) is 4.24. The number of benzene rings is 1. The van der Waals surface area contributed by atoms with Gasteiger partial charge in [0, 0.05) is 12.3 Å². The summed E-state index contributed by atoms with van der Waals surface area (Å²) in [5.41, 5.74) is 0.903. The van der Waals surface area contributed by atoms with Crippen LogP contribution >= 0.6 is 0 Å². The van der Waals surface area contributed by atoms with Crippen LogP contribution in [0.3, 0.4) is 0 Å². The molecule has 1 aromatic carbocycles. The van der Waals surface area contributed by atoms with Crippen LogP contribution < -0.4 is 14.8 Å². The van der Waals surface area contributed by atoms with Crippen molar-refractivity contribution in [3.63, 3.8) is 0 Å². The second kappa shape index (κ2) is 8.47. The van der Waals surface area contributed by atoms with Gasteiger partial charge in [-0.3, -0.25) is 4.79 Å². The number of nitrogens with one attached hydrogen (secondary N) is 1. The van der Waals surface area contributed by atoms with E-state index in [1.807, 2.05) is 30.3 Å². The number of para-hydroxylation sites is 1. The van der Waals surface area contributed by atoms with E-state index in [2.05, 4.69) is 20.3 Å². The zero-order chi connectivity index (χ0) is 19.2. The van der Waals surface area contributed by atoms with Crippen LogP contribution in [0.5, 0.6) is 17.6 Å². The van der Waals surface area contributed by atoms with E-state index in [4.69, 9.17) is 9.47 Å². The Kier molecular flexibility index (Phi) is 5.42. The second-order valence-electron chi connectivity index (χ2n) is 6.53. The molecule has 1 amide bonds. The maximum Gasteiger partial charge on any atom is 0.322 e. The standard InChI is InChI=1S/C21H20N4O3/c26-20(15-10-11-19(22-12-15)27-17-8-4-5-9-17)25-16-13-23-21(24-14-16)28-18-6-2-1-3-7-18/h1-3,6-7,10-14,17H,4-5,8-9H2,(H,25,26). The first-order chi connectivity index (χ1) is 13.8. The topological polar surface area (TPSA) is 86.2 Å². The van der Waals surface area contributed by atoms with Gasteiger partial charge in [-0.25, -0.2) is 15.0 Å². The summed E-state index contributed by atoms with van der Waals surface area (Å²) in [7, 11) is 0. The van der Waals surface area contributed by atoms with Gasteiger partial charge in [-0.2, -0.15) is 0 Å². The minimum Gasteiger partial charge on any atom is -0.474 e. The quantitative estimate of drug-likeness (QED) is 0.692. The van der Waals surface area contributed by atoms with Crippen molar-refractivity contribution in [3.05, 3.63) is 66.6 Å². The van der Waals surface area contributed by atoms with Crippen LogP contribution in [0.25, 0.3) is 0 Å². The highest BCUT2D eigenvalue weighted by molar-refractivity contribution is 6.03. The van der Waals surface area contributed by atoms with Crippen molar-refractivity contribution in [1.29, 1.82) is 0 Å². The Labute approximate surface area is 162 Å².